The Morgan fingerprint density at radius 2 is 2.21 bits per heavy atom. The predicted octanol–water partition coefficient (Wildman–Crippen LogP) is -1.40. The van der Waals surface area contributed by atoms with Crippen LogP contribution >= 0.6 is 11.8 Å². The molecule has 0 aromatic rings. The smallest absolute Gasteiger partial charge is 0.260 e. The average Bonchev–Trinajstić information content (AvgIpc) is 2.13. The summed E-state index contributed by atoms with van der Waals surface area (Å²) < 4.78 is 0. The number of nitrogens with two attached hydrogens (primary N) is 2. The van der Waals surface area contributed by atoms with Crippen LogP contribution in [0.4, 0.5) is 0 Å². The van der Waals surface area contributed by atoms with Crippen molar-refractivity contribution in [1.29, 1.82) is 0 Å². The van der Waals surface area contributed by atoms with E-state index < -0.39 is 17.9 Å². The first-order valence-electron chi connectivity index (χ1n) is 4.02. The Hall–Kier alpha value is -0.790. The summed E-state index contributed by atoms with van der Waals surface area (Å²) in [5.74, 6) is -0.298. The van der Waals surface area contributed by atoms with E-state index in [-0.39, 0.29) is 6.61 Å². The molecule has 0 aliphatic carbocycles. The molecule has 0 aliphatic heterocycles. The molecule has 14 heavy (non-hydrogen) atoms. The summed E-state index contributed by atoms with van der Waals surface area (Å²) in [6.45, 7) is -0.346. The van der Waals surface area contributed by atoms with E-state index in [9.17, 15) is 9.59 Å². The molecule has 0 fully saturated rings. The summed E-state index contributed by atoms with van der Waals surface area (Å²) >= 11 is 1.60. The number of hydrogen-bond donors (Lipinski definition) is 3. The van der Waals surface area contributed by atoms with Gasteiger partial charge in [0, 0.05) is 0 Å². The van der Waals surface area contributed by atoms with Gasteiger partial charge in [-0.15, -0.1) is 0 Å². The van der Waals surface area contributed by atoms with E-state index in [0.29, 0.717) is 6.42 Å². The lowest BCUT2D eigenvalue weighted by Gasteiger charge is -2.10. The first kappa shape index (κ1) is 13.2. The second-order valence-electron chi connectivity index (χ2n) is 2.61. The van der Waals surface area contributed by atoms with Gasteiger partial charge in [0.05, 0.1) is 6.04 Å². The highest BCUT2D eigenvalue weighted by Crippen LogP contribution is 1.98. The van der Waals surface area contributed by atoms with Crippen molar-refractivity contribution in [3.8, 4) is 0 Å². The first-order valence-corrected chi connectivity index (χ1v) is 5.41. The van der Waals surface area contributed by atoms with Crippen LogP contribution in [0, 0.1) is 0 Å². The Morgan fingerprint density at radius 1 is 1.57 bits per heavy atom. The number of nitrogens with one attached hydrogen (secondary N) is 1. The quantitative estimate of drug-likeness (QED) is 0.458. The number of carbonyl (C=O) groups is 2. The third-order valence-electron chi connectivity index (χ3n) is 1.36. The van der Waals surface area contributed by atoms with E-state index in [1.54, 1.807) is 11.8 Å². The molecule has 5 N–H and O–H groups in total. The van der Waals surface area contributed by atoms with Gasteiger partial charge in [0.1, 0.15) is 0 Å². The minimum absolute atomic E-state index is 0.346. The SMILES string of the molecule is CSCC[C@@H](N)C(=O)NOCC(N)=O. The maximum absolute atomic E-state index is 11.1. The number of primary amides is 1. The third-order valence-corrected chi connectivity index (χ3v) is 2.00. The van der Waals surface area contributed by atoms with Gasteiger partial charge in [0.15, 0.2) is 6.61 Å². The number of carbonyl (C=O) groups excluding carboxylic acids is 2. The molecule has 0 saturated carbocycles. The zero-order valence-electron chi connectivity index (χ0n) is 7.99. The predicted molar refractivity (Wildman–Crippen MR) is 54.3 cm³/mol. The molecule has 0 unspecified atom stereocenters. The molecule has 1 atom stereocenters. The molecule has 0 aliphatic rings. The minimum Gasteiger partial charge on any atom is -0.368 e. The molecule has 7 heteroatoms. The number of thioether (sulfide) groups is 1. The fourth-order valence-corrected chi connectivity index (χ4v) is 1.12. The molecule has 0 saturated heterocycles. The Kier molecular flexibility index (Phi) is 7.17. The van der Waals surface area contributed by atoms with Crippen molar-refractivity contribution in [3.05, 3.63) is 0 Å². The van der Waals surface area contributed by atoms with Crippen LogP contribution in [0.1, 0.15) is 6.42 Å². The van der Waals surface area contributed by atoms with Crippen LogP contribution in [0.15, 0.2) is 0 Å². The molecule has 0 radical (unpaired) electrons. The van der Waals surface area contributed by atoms with Gasteiger partial charge in [0.2, 0.25) is 5.91 Å². The van der Waals surface area contributed by atoms with Crippen LogP contribution in [0.3, 0.4) is 0 Å². The molecule has 82 valence electrons. The minimum atomic E-state index is -0.650. The molecule has 0 bridgehead atoms. The summed E-state index contributed by atoms with van der Waals surface area (Å²) in [5.41, 5.74) is 12.3. The highest BCUT2D eigenvalue weighted by atomic mass is 32.2. The lowest BCUT2D eigenvalue weighted by atomic mass is 10.2. The van der Waals surface area contributed by atoms with Crippen molar-refractivity contribution in [2.45, 2.75) is 12.5 Å². The van der Waals surface area contributed by atoms with Crippen molar-refractivity contribution < 1.29 is 14.4 Å². The van der Waals surface area contributed by atoms with Gasteiger partial charge < -0.3 is 11.5 Å². The van der Waals surface area contributed by atoms with Gasteiger partial charge in [-0.05, 0) is 18.4 Å². The highest BCUT2D eigenvalue weighted by Gasteiger charge is 2.12. The molecule has 0 aromatic heterocycles. The van der Waals surface area contributed by atoms with E-state index in [1.807, 2.05) is 11.7 Å². The van der Waals surface area contributed by atoms with E-state index in [4.69, 9.17) is 11.5 Å². The summed E-state index contributed by atoms with van der Waals surface area (Å²) in [4.78, 5) is 25.8. The maximum atomic E-state index is 11.1. The Bertz CT molecular complexity index is 201. The molecule has 0 rings (SSSR count). The Balaban J connectivity index is 3.56. The van der Waals surface area contributed by atoms with Crippen molar-refractivity contribution in [2.24, 2.45) is 11.5 Å². The van der Waals surface area contributed by atoms with Gasteiger partial charge in [-0.3, -0.25) is 14.4 Å². The summed E-state index contributed by atoms with van der Waals surface area (Å²) in [7, 11) is 0. The van der Waals surface area contributed by atoms with Gasteiger partial charge >= 0.3 is 0 Å². The number of hydrogen-bond acceptors (Lipinski definition) is 5. The molecule has 0 heterocycles. The topological polar surface area (TPSA) is 107 Å². The second-order valence-corrected chi connectivity index (χ2v) is 3.59. The van der Waals surface area contributed by atoms with Gasteiger partial charge in [-0.2, -0.15) is 11.8 Å². The average molecular weight is 221 g/mol. The largest absolute Gasteiger partial charge is 0.368 e. The molecule has 0 spiro atoms. The molecule has 0 aromatic carbocycles. The normalized spacial score (nSPS) is 12.1. The number of hydroxylamine groups is 1. The van der Waals surface area contributed by atoms with E-state index in [1.165, 1.54) is 0 Å². The lowest BCUT2D eigenvalue weighted by molar-refractivity contribution is -0.139. The second kappa shape index (κ2) is 7.60. The monoisotopic (exact) mass is 221 g/mol. The third kappa shape index (κ3) is 6.70. The number of amides is 2. The van der Waals surface area contributed by atoms with Crippen molar-refractivity contribution >= 4 is 23.6 Å². The number of rotatable bonds is 7. The van der Waals surface area contributed by atoms with Crippen molar-refractivity contribution in [3.63, 3.8) is 0 Å². The molecule has 6 nitrogen and oxygen atoms in total. The van der Waals surface area contributed by atoms with Crippen LogP contribution in [0.2, 0.25) is 0 Å². The maximum Gasteiger partial charge on any atom is 0.260 e. The van der Waals surface area contributed by atoms with Crippen LogP contribution in [0.5, 0.6) is 0 Å². The summed E-state index contributed by atoms with van der Waals surface area (Å²) in [5, 5.41) is 0. The fraction of sp³-hybridized carbons (Fsp3) is 0.714. The Morgan fingerprint density at radius 3 is 2.71 bits per heavy atom. The highest BCUT2D eigenvalue weighted by molar-refractivity contribution is 7.98. The van der Waals surface area contributed by atoms with E-state index in [2.05, 4.69) is 4.84 Å². The summed E-state index contributed by atoms with van der Waals surface area (Å²) in [6.07, 6.45) is 2.49. The molecular weight excluding hydrogens is 206 g/mol. The van der Waals surface area contributed by atoms with Crippen molar-refractivity contribution in [2.75, 3.05) is 18.6 Å². The van der Waals surface area contributed by atoms with Crippen LogP contribution in [0.25, 0.3) is 0 Å². The standard InChI is InChI=1S/C7H15N3O3S/c1-14-3-2-5(8)7(12)10-13-4-6(9)11/h5H,2-4,8H2,1H3,(H2,9,11)(H,10,12)/t5-/m1/s1. The van der Waals surface area contributed by atoms with Gasteiger partial charge in [-0.25, -0.2) is 5.48 Å². The Labute approximate surface area is 86.7 Å². The van der Waals surface area contributed by atoms with E-state index >= 15 is 0 Å². The van der Waals surface area contributed by atoms with Gasteiger partial charge in [0.25, 0.3) is 5.91 Å². The first-order chi connectivity index (χ1) is 6.57. The lowest BCUT2D eigenvalue weighted by Crippen LogP contribution is -2.42. The van der Waals surface area contributed by atoms with Crippen LogP contribution in [-0.2, 0) is 14.4 Å². The zero-order valence-corrected chi connectivity index (χ0v) is 8.80. The van der Waals surface area contributed by atoms with Crippen LogP contribution < -0.4 is 16.9 Å². The van der Waals surface area contributed by atoms with Crippen LogP contribution in [-0.4, -0.2) is 36.5 Å². The summed E-state index contributed by atoms with van der Waals surface area (Å²) in [6, 6.07) is -0.615. The zero-order chi connectivity index (χ0) is 11.0. The molecule has 2 amide bonds. The van der Waals surface area contributed by atoms with E-state index in [0.717, 1.165) is 5.75 Å². The van der Waals surface area contributed by atoms with Crippen molar-refractivity contribution in [1.82, 2.24) is 5.48 Å². The fourth-order valence-electron chi connectivity index (χ4n) is 0.630. The van der Waals surface area contributed by atoms with Gasteiger partial charge in [-0.1, -0.05) is 0 Å². The molecular formula is C7H15N3O3S.